The summed E-state index contributed by atoms with van der Waals surface area (Å²) in [6.45, 7) is 0. The van der Waals surface area contributed by atoms with Crippen LogP contribution in [0.2, 0.25) is 0 Å². The predicted octanol–water partition coefficient (Wildman–Crippen LogP) is 2.23. The fourth-order valence-corrected chi connectivity index (χ4v) is 1.38. The molecule has 0 bridgehead atoms. The van der Waals surface area contributed by atoms with E-state index in [1.165, 1.54) is 11.1 Å². The highest BCUT2D eigenvalue weighted by atomic mass is 16.5. The maximum Gasteiger partial charge on any atom is 0.100 e. The van der Waals surface area contributed by atoms with Crippen molar-refractivity contribution in [1.82, 2.24) is 0 Å². The van der Waals surface area contributed by atoms with Crippen LogP contribution in [-0.2, 0) is 11.2 Å². The Hall–Kier alpha value is -1.24. The van der Waals surface area contributed by atoms with Crippen molar-refractivity contribution < 1.29 is 4.74 Å². The molecule has 0 amide bonds. The standard InChI is InChI=1S/C10H10O/c1-11-10-6-8-4-2-3-5-9(8)7-10/h2-6H,7H2,1H3. The summed E-state index contributed by atoms with van der Waals surface area (Å²) in [5, 5.41) is 0. The Bertz CT molecular complexity index is 299. The molecule has 0 unspecified atom stereocenters. The van der Waals surface area contributed by atoms with Crippen molar-refractivity contribution >= 4 is 6.08 Å². The van der Waals surface area contributed by atoms with Gasteiger partial charge >= 0.3 is 0 Å². The van der Waals surface area contributed by atoms with Gasteiger partial charge in [0.1, 0.15) is 5.76 Å². The van der Waals surface area contributed by atoms with Gasteiger partial charge in [-0.15, -0.1) is 0 Å². The van der Waals surface area contributed by atoms with Crippen LogP contribution in [0.25, 0.3) is 6.08 Å². The molecule has 1 aliphatic rings. The molecule has 1 aromatic rings. The third-order valence-corrected chi connectivity index (χ3v) is 2.00. The van der Waals surface area contributed by atoms with Crippen LogP contribution in [0, 0.1) is 0 Å². The van der Waals surface area contributed by atoms with Gasteiger partial charge in [0, 0.05) is 6.42 Å². The molecule has 0 atom stereocenters. The highest BCUT2D eigenvalue weighted by molar-refractivity contribution is 5.61. The van der Waals surface area contributed by atoms with E-state index in [1.807, 2.05) is 6.07 Å². The molecule has 1 aliphatic carbocycles. The zero-order valence-corrected chi connectivity index (χ0v) is 6.50. The van der Waals surface area contributed by atoms with Gasteiger partial charge in [-0.05, 0) is 17.2 Å². The number of rotatable bonds is 1. The molecule has 0 radical (unpaired) electrons. The zero-order chi connectivity index (χ0) is 7.68. The fourth-order valence-electron chi connectivity index (χ4n) is 1.38. The summed E-state index contributed by atoms with van der Waals surface area (Å²) < 4.78 is 5.15. The fraction of sp³-hybridized carbons (Fsp3) is 0.200. The Morgan fingerprint density at radius 2 is 2.09 bits per heavy atom. The first kappa shape index (κ1) is 6.47. The smallest absolute Gasteiger partial charge is 0.100 e. The normalized spacial score (nSPS) is 14.1. The van der Waals surface area contributed by atoms with Gasteiger partial charge in [-0.25, -0.2) is 0 Å². The lowest BCUT2D eigenvalue weighted by Gasteiger charge is -1.97. The monoisotopic (exact) mass is 146 g/mol. The number of fused-ring (bicyclic) bond motifs is 1. The number of hydrogen-bond acceptors (Lipinski definition) is 1. The average Bonchev–Trinajstić information content (AvgIpc) is 2.46. The molecule has 1 nitrogen and oxygen atoms in total. The van der Waals surface area contributed by atoms with E-state index in [-0.39, 0.29) is 0 Å². The molecule has 0 aromatic heterocycles. The van der Waals surface area contributed by atoms with Gasteiger partial charge in [-0.1, -0.05) is 24.3 Å². The molecule has 0 aliphatic heterocycles. The van der Waals surface area contributed by atoms with Crippen LogP contribution in [0.4, 0.5) is 0 Å². The number of methoxy groups -OCH3 is 1. The maximum absolute atomic E-state index is 5.15. The molecule has 56 valence electrons. The van der Waals surface area contributed by atoms with Crippen LogP contribution >= 0.6 is 0 Å². The Kier molecular flexibility index (Phi) is 1.42. The molecule has 1 heteroatoms. The second kappa shape index (κ2) is 2.42. The van der Waals surface area contributed by atoms with Crippen LogP contribution in [-0.4, -0.2) is 7.11 Å². The summed E-state index contributed by atoms with van der Waals surface area (Å²) in [6.07, 6.45) is 3.04. The third kappa shape index (κ3) is 1.03. The number of ether oxygens (including phenoxy) is 1. The van der Waals surface area contributed by atoms with E-state index in [4.69, 9.17) is 4.74 Å². The molecule has 11 heavy (non-hydrogen) atoms. The maximum atomic E-state index is 5.15. The quantitative estimate of drug-likeness (QED) is 0.590. The van der Waals surface area contributed by atoms with Crippen LogP contribution in [0.15, 0.2) is 30.0 Å². The van der Waals surface area contributed by atoms with Crippen LogP contribution in [0.5, 0.6) is 0 Å². The van der Waals surface area contributed by atoms with Crippen molar-refractivity contribution in [2.45, 2.75) is 6.42 Å². The van der Waals surface area contributed by atoms with Crippen molar-refractivity contribution in [2.24, 2.45) is 0 Å². The van der Waals surface area contributed by atoms with E-state index in [2.05, 4.69) is 24.3 Å². The predicted molar refractivity (Wildman–Crippen MR) is 45.1 cm³/mol. The Morgan fingerprint density at radius 1 is 1.27 bits per heavy atom. The Balaban J connectivity index is 2.39. The molecule has 0 saturated carbocycles. The summed E-state index contributed by atoms with van der Waals surface area (Å²) in [5.74, 6) is 1.06. The molecule has 2 rings (SSSR count). The van der Waals surface area contributed by atoms with Gasteiger partial charge in [0.2, 0.25) is 0 Å². The summed E-state index contributed by atoms with van der Waals surface area (Å²) in [4.78, 5) is 0. The molecule has 0 fully saturated rings. The van der Waals surface area contributed by atoms with E-state index in [0.29, 0.717) is 0 Å². The second-order valence-electron chi connectivity index (χ2n) is 2.69. The Morgan fingerprint density at radius 3 is 2.82 bits per heavy atom. The van der Waals surface area contributed by atoms with Crippen molar-refractivity contribution in [1.29, 1.82) is 0 Å². The number of benzene rings is 1. The van der Waals surface area contributed by atoms with Crippen LogP contribution < -0.4 is 0 Å². The van der Waals surface area contributed by atoms with Gasteiger partial charge in [0.25, 0.3) is 0 Å². The highest BCUT2D eigenvalue weighted by Crippen LogP contribution is 2.24. The molecule has 0 saturated heterocycles. The molecule has 0 N–H and O–H groups in total. The number of allylic oxidation sites excluding steroid dienone is 1. The average molecular weight is 146 g/mol. The highest BCUT2D eigenvalue weighted by Gasteiger charge is 2.10. The van der Waals surface area contributed by atoms with Gasteiger partial charge in [-0.3, -0.25) is 0 Å². The van der Waals surface area contributed by atoms with E-state index in [9.17, 15) is 0 Å². The first-order valence-corrected chi connectivity index (χ1v) is 3.72. The largest absolute Gasteiger partial charge is 0.501 e. The molecule has 0 heterocycles. The topological polar surface area (TPSA) is 9.23 Å². The minimum absolute atomic E-state index is 0.951. The van der Waals surface area contributed by atoms with Crippen LogP contribution in [0.3, 0.4) is 0 Å². The minimum Gasteiger partial charge on any atom is -0.501 e. The minimum atomic E-state index is 0.951. The molecule has 1 aromatic carbocycles. The SMILES string of the molecule is COC1=Cc2ccccc2C1. The van der Waals surface area contributed by atoms with E-state index >= 15 is 0 Å². The van der Waals surface area contributed by atoms with Gasteiger partial charge in [-0.2, -0.15) is 0 Å². The first-order valence-electron chi connectivity index (χ1n) is 3.72. The summed E-state index contributed by atoms with van der Waals surface area (Å²) >= 11 is 0. The van der Waals surface area contributed by atoms with Gasteiger partial charge in [0.15, 0.2) is 0 Å². The molecular formula is C10H10O. The summed E-state index contributed by atoms with van der Waals surface area (Å²) in [7, 11) is 1.72. The van der Waals surface area contributed by atoms with E-state index in [1.54, 1.807) is 7.11 Å². The second-order valence-corrected chi connectivity index (χ2v) is 2.69. The van der Waals surface area contributed by atoms with Crippen molar-refractivity contribution in [3.63, 3.8) is 0 Å². The first-order chi connectivity index (χ1) is 5.40. The molecular weight excluding hydrogens is 136 g/mol. The number of hydrogen-bond donors (Lipinski definition) is 0. The van der Waals surface area contributed by atoms with E-state index < -0.39 is 0 Å². The van der Waals surface area contributed by atoms with Crippen molar-refractivity contribution in [3.8, 4) is 0 Å². The lowest BCUT2D eigenvalue weighted by Crippen LogP contribution is -1.85. The van der Waals surface area contributed by atoms with Gasteiger partial charge in [0.05, 0.1) is 7.11 Å². The summed E-state index contributed by atoms with van der Waals surface area (Å²) in [6, 6.07) is 8.36. The van der Waals surface area contributed by atoms with Crippen molar-refractivity contribution in [2.75, 3.05) is 7.11 Å². The Labute approximate surface area is 66.3 Å². The third-order valence-electron chi connectivity index (χ3n) is 2.00. The lowest BCUT2D eigenvalue weighted by molar-refractivity contribution is 0.289. The zero-order valence-electron chi connectivity index (χ0n) is 6.50. The van der Waals surface area contributed by atoms with E-state index in [0.717, 1.165) is 12.2 Å². The van der Waals surface area contributed by atoms with Crippen LogP contribution in [0.1, 0.15) is 11.1 Å². The summed E-state index contributed by atoms with van der Waals surface area (Å²) in [5.41, 5.74) is 2.66. The van der Waals surface area contributed by atoms with Gasteiger partial charge < -0.3 is 4.74 Å². The van der Waals surface area contributed by atoms with Crippen molar-refractivity contribution in [3.05, 3.63) is 41.2 Å². The lowest BCUT2D eigenvalue weighted by atomic mass is 10.1. The molecule has 0 spiro atoms.